The minimum atomic E-state index is -0.152. The van der Waals surface area contributed by atoms with Gasteiger partial charge in [-0.2, -0.15) is 0 Å². The summed E-state index contributed by atoms with van der Waals surface area (Å²) < 4.78 is 0. The average Bonchev–Trinajstić information content (AvgIpc) is 2.51. The zero-order chi connectivity index (χ0) is 14.8. The van der Waals surface area contributed by atoms with Crippen LogP contribution in [0.3, 0.4) is 0 Å². The van der Waals surface area contributed by atoms with E-state index in [1.807, 2.05) is 36.4 Å². The molecule has 0 fully saturated rings. The normalized spacial score (nSPS) is 14.0. The molecule has 0 radical (unpaired) electrons. The van der Waals surface area contributed by atoms with Crippen molar-refractivity contribution in [3.63, 3.8) is 0 Å². The lowest BCUT2D eigenvalue weighted by Gasteiger charge is -2.27. The van der Waals surface area contributed by atoms with Crippen LogP contribution in [0.4, 0.5) is 0 Å². The predicted octanol–water partition coefficient (Wildman–Crippen LogP) is 4.02. The summed E-state index contributed by atoms with van der Waals surface area (Å²) in [7, 11) is 0. The van der Waals surface area contributed by atoms with Gasteiger partial charge in [-0.15, -0.1) is 0 Å². The van der Waals surface area contributed by atoms with Gasteiger partial charge in [-0.1, -0.05) is 50.5 Å². The Balaban J connectivity index is 1.95. The van der Waals surface area contributed by atoms with Gasteiger partial charge < -0.3 is 0 Å². The van der Waals surface area contributed by atoms with E-state index in [9.17, 15) is 9.59 Å². The van der Waals surface area contributed by atoms with Crippen molar-refractivity contribution in [2.24, 2.45) is 0 Å². The molecule has 1 aliphatic rings. The highest BCUT2D eigenvalue weighted by Gasteiger charge is 2.31. The molecular weight excluding hydrogens is 262 g/mol. The zero-order valence-electron chi connectivity index (χ0n) is 12.3. The van der Waals surface area contributed by atoms with Gasteiger partial charge in [0.1, 0.15) is 0 Å². The Morgan fingerprint density at radius 1 is 0.857 bits per heavy atom. The molecule has 3 heteroatoms. The number of hydrogen-bond donors (Lipinski definition) is 0. The van der Waals surface area contributed by atoms with E-state index in [1.165, 1.54) is 4.90 Å². The fourth-order valence-electron chi connectivity index (χ4n) is 2.98. The van der Waals surface area contributed by atoms with E-state index >= 15 is 0 Å². The molecule has 0 unspecified atom stereocenters. The number of carbonyl (C=O) groups is 2. The third-order valence-electron chi connectivity index (χ3n) is 4.09. The summed E-state index contributed by atoms with van der Waals surface area (Å²) in [5, 5.41) is 1.76. The number of rotatable bonds is 5. The first-order chi connectivity index (χ1) is 10.2. The Morgan fingerprint density at radius 3 is 2.05 bits per heavy atom. The van der Waals surface area contributed by atoms with Gasteiger partial charge in [0, 0.05) is 23.1 Å². The topological polar surface area (TPSA) is 37.4 Å². The number of imide groups is 1. The Hall–Kier alpha value is -2.16. The monoisotopic (exact) mass is 281 g/mol. The van der Waals surface area contributed by atoms with E-state index in [4.69, 9.17) is 0 Å². The summed E-state index contributed by atoms with van der Waals surface area (Å²) in [5.41, 5.74) is 1.30. The van der Waals surface area contributed by atoms with Gasteiger partial charge in [-0.05, 0) is 23.9 Å². The number of nitrogens with zero attached hydrogens (tertiary/aromatic N) is 1. The molecule has 0 aliphatic carbocycles. The summed E-state index contributed by atoms with van der Waals surface area (Å²) in [6.45, 7) is 2.66. The maximum atomic E-state index is 12.6. The lowest BCUT2D eigenvalue weighted by atomic mass is 9.94. The van der Waals surface area contributed by atoms with Crippen LogP contribution in [0, 0.1) is 0 Å². The van der Waals surface area contributed by atoms with E-state index in [1.54, 1.807) is 0 Å². The molecule has 21 heavy (non-hydrogen) atoms. The number of carbonyl (C=O) groups excluding carboxylic acids is 2. The molecule has 3 nitrogen and oxygen atoms in total. The van der Waals surface area contributed by atoms with Crippen molar-refractivity contribution in [3.05, 3.63) is 47.5 Å². The third kappa shape index (κ3) is 2.33. The number of amides is 2. The molecule has 3 rings (SSSR count). The summed E-state index contributed by atoms with van der Waals surface area (Å²) in [6, 6.07) is 11.3. The predicted molar refractivity (Wildman–Crippen MR) is 83.5 cm³/mol. The molecular formula is C18H19NO2. The Morgan fingerprint density at radius 2 is 1.48 bits per heavy atom. The summed E-state index contributed by atoms with van der Waals surface area (Å²) >= 11 is 0. The van der Waals surface area contributed by atoms with Gasteiger partial charge in [-0.3, -0.25) is 14.5 Å². The summed E-state index contributed by atoms with van der Waals surface area (Å²) in [4.78, 5) is 26.6. The number of unbranched alkanes of at least 4 members (excludes halogenated alkanes) is 3. The first kappa shape index (κ1) is 13.8. The van der Waals surface area contributed by atoms with E-state index < -0.39 is 0 Å². The van der Waals surface area contributed by atoms with Crippen molar-refractivity contribution in [1.82, 2.24) is 4.90 Å². The van der Waals surface area contributed by atoms with Crippen molar-refractivity contribution in [2.45, 2.75) is 32.6 Å². The Bertz CT molecular complexity index is 655. The molecule has 0 bridgehead atoms. The first-order valence-electron chi connectivity index (χ1n) is 7.62. The van der Waals surface area contributed by atoms with Crippen LogP contribution >= 0.6 is 0 Å². The third-order valence-corrected chi connectivity index (χ3v) is 4.09. The molecule has 2 aromatic carbocycles. The molecule has 1 heterocycles. The fraction of sp³-hybridized carbons (Fsp3) is 0.333. The van der Waals surface area contributed by atoms with Gasteiger partial charge in [0.05, 0.1) is 0 Å². The summed E-state index contributed by atoms with van der Waals surface area (Å²) in [6.07, 6.45) is 4.22. The van der Waals surface area contributed by atoms with Gasteiger partial charge in [-0.25, -0.2) is 0 Å². The van der Waals surface area contributed by atoms with Gasteiger partial charge >= 0.3 is 0 Å². The van der Waals surface area contributed by atoms with Crippen LogP contribution in [0.5, 0.6) is 0 Å². The number of benzene rings is 2. The quantitative estimate of drug-likeness (QED) is 0.613. The smallest absolute Gasteiger partial charge is 0.261 e. The van der Waals surface area contributed by atoms with E-state index in [-0.39, 0.29) is 11.8 Å². The zero-order valence-corrected chi connectivity index (χ0v) is 12.3. The molecule has 0 aromatic heterocycles. The van der Waals surface area contributed by atoms with Crippen LogP contribution in [0.25, 0.3) is 10.8 Å². The molecule has 108 valence electrons. The molecule has 0 saturated heterocycles. The lowest BCUT2D eigenvalue weighted by molar-refractivity contribution is 0.0608. The van der Waals surface area contributed by atoms with Gasteiger partial charge in [0.25, 0.3) is 11.8 Å². The standard InChI is InChI=1S/C18H19NO2/c1-2-3-4-5-12-19-17(20)14-10-6-8-13-9-7-11-15(16(13)14)18(19)21/h6-11H,2-5,12H2,1H3. The lowest BCUT2D eigenvalue weighted by Crippen LogP contribution is -2.40. The maximum Gasteiger partial charge on any atom is 0.261 e. The van der Waals surface area contributed by atoms with Crippen LogP contribution in [-0.2, 0) is 0 Å². The molecule has 0 atom stereocenters. The van der Waals surface area contributed by atoms with Gasteiger partial charge in [0.2, 0.25) is 0 Å². The van der Waals surface area contributed by atoms with Crippen LogP contribution in [-0.4, -0.2) is 23.3 Å². The second-order valence-corrected chi connectivity index (χ2v) is 5.53. The molecule has 0 saturated carbocycles. The maximum absolute atomic E-state index is 12.6. The molecule has 2 amide bonds. The second kappa shape index (κ2) is 5.68. The van der Waals surface area contributed by atoms with Crippen molar-refractivity contribution in [2.75, 3.05) is 6.54 Å². The Kier molecular flexibility index (Phi) is 3.74. The number of hydrogen-bond acceptors (Lipinski definition) is 2. The fourth-order valence-corrected chi connectivity index (χ4v) is 2.98. The van der Waals surface area contributed by atoms with Crippen LogP contribution < -0.4 is 0 Å². The van der Waals surface area contributed by atoms with E-state index in [0.717, 1.165) is 36.5 Å². The highest BCUT2D eigenvalue weighted by Crippen LogP contribution is 2.30. The molecule has 2 aromatic rings. The van der Waals surface area contributed by atoms with Crippen molar-refractivity contribution >= 4 is 22.6 Å². The van der Waals surface area contributed by atoms with Crippen molar-refractivity contribution < 1.29 is 9.59 Å². The minimum absolute atomic E-state index is 0.152. The van der Waals surface area contributed by atoms with E-state index in [0.29, 0.717) is 17.7 Å². The van der Waals surface area contributed by atoms with Crippen LogP contribution in [0.1, 0.15) is 53.3 Å². The molecule has 0 spiro atoms. The van der Waals surface area contributed by atoms with Crippen LogP contribution in [0.2, 0.25) is 0 Å². The van der Waals surface area contributed by atoms with Crippen molar-refractivity contribution in [3.8, 4) is 0 Å². The highest BCUT2D eigenvalue weighted by atomic mass is 16.2. The van der Waals surface area contributed by atoms with E-state index in [2.05, 4.69) is 6.92 Å². The largest absolute Gasteiger partial charge is 0.274 e. The second-order valence-electron chi connectivity index (χ2n) is 5.53. The molecule has 0 N–H and O–H groups in total. The molecule has 1 aliphatic heterocycles. The van der Waals surface area contributed by atoms with Gasteiger partial charge in [0.15, 0.2) is 0 Å². The minimum Gasteiger partial charge on any atom is -0.274 e. The highest BCUT2D eigenvalue weighted by molar-refractivity contribution is 6.25. The van der Waals surface area contributed by atoms with Crippen LogP contribution in [0.15, 0.2) is 36.4 Å². The van der Waals surface area contributed by atoms with Crippen molar-refractivity contribution in [1.29, 1.82) is 0 Å². The first-order valence-corrected chi connectivity index (χ1v) is 7.62. The summed E-state index contributed by atoms with van der Waals surface area (Å²) in [5.74, 6) is -0.304. The average molecular weight is 281 g/mol. The Labute approximate surface area is 124 Å². The SMILES string of the molecule is CCCCCCN1C(=O)c2cccc3cccc(c23)C1=O.